The van der Waals surface area contributed by atoms with Crippen molar-refractivity contribution >= 4 is 10.8 Å². The van der Waals surface area contributed by atoms with E-state index in [-0.39, 0.29) is 6.04 Å². The minimum Gasteiger partial charge on any atom is -0.497 e. The van der Waals surface area contributed by atoms with Gasteiger partial charge in [-0.25, -0.2) is 4.98 Å². The molecule has 5 heteroatoms. The first-order valence-corrected chi connectivity index (χ1v) is 6.91. The lowest BCUT2D eigenvalue weighted by Crippen LogP contribution is -2.18. The highest BCUT2D eigenvalue weighted by Crippen LogP contribution is 2.24. The Bertz CT molecular complexity index is 724. The average molecular weight is 282 g/mol. The Morgan fingerprint density at radius 2 is 2.00 bits per heavy atom. The van der Waals surface area contributed by atoms with E-state index in [9.17, 15) is 0 Å². The third kappa shape index (κ3) is 3.03. The lowest BCUT2D eigenvalue weighted by atomic mass is 10.0. The highest BCUT2D eigenvalue weighted by atomic mass is 16.5. The Hall–Kier alpha value is -2.40. The Labute approximate surface area is 123 Å². The van der Waals surface area contributed by atoms with Crippen molar-refractivity contribution in [2.75, 3.05) is 7.11 Å². The molecular weight excluding hydrogens is 264 g/mol. The zero-order valence-electron chi connectivity index (χ0n) is 12.1. The third-order valence-corrected chi connectivity index (χ3v) is 3.61. The molecule has 1 aromatic heterocycles. The topological polar surface area (TPSA) is 62.8 Å². The second kappa shape index (κ2) is 5.93. The highest BCUT2D eigenvalue weighted by molar-refractivity contribution is 5.84. The van der Waals surface area contributed by atoms with Gasteiger partial charge in [-0.3, -0.25) is 5.10 Å². The van der Waals surface area contributed by atoms with Gasteiger partial charge >= 0.3 is 0 Å². The fraction of sp³-hybridized carbons (Fsp3) is 0.250. The van der Waals surface area contributed by atoms with Crippen LogP contribution in [0.25, 0.3) is 10.8 Å². The molecule has 0 aliphatic heterocycles. The number of benzene rings is 2. The van der Waals surface area contributed by atoms with Gasteiger partial charge in [0.05, 0.1) is 13.7 Å². The number of nitrogens with one attached hydrogen (secondary N) is 2. The fourth-order valence-corrected chi connectivity index (χ4v) is 2.32. The average Bonchev–Trinajstić information content (AvgIpc) is 3.05. The first-order valence-electron chi connectivity index (χ1n) is 6.91. The van der Waals surface area contributed by atoms with Crippen molar-refractivity contribution in [2.24, 2.45) is 0 Å². The summed E-state index contributed by atoms with van der Waals surface area (Å²) in [5.41, 5.74) is 1.24. The van der Waals surface area contributed by atoms with Crippen molar-refractivity contribution in [3.05, 3.63) is 54.1 Å². The molecule has 0 saturated carbocycles. The summed E-state index contributed by atoms with van der Waals surface area (Å²) in [5.74, 6) is 1.72. The molecule has 0 saturated heterocycles. The van der Waals surface area contributed by atoms with E-state index < -0.39 is 0 Å². The Morgan fingerprint density at radius 3 is 2.76 bits per heavy atom. The predicted molar refractivity (Wildman–Crippen MR) is 82.1 cm³/mol. The molecule has 0 amide bonds. The maximum Gasteiger partial charge on any atom is 0.138 e. The van der Waals surface area contributed by atoms with Crippen LogP contribution in [0.15, 0.2) is 42.7 Å². The molecule has 1 atom stereocenters. The number of methoxy groups -OCH3 is 1. The first-order chi connectivity index (χ1) is 10.3. The van der Waals surface area contributed by atoms with Gasteiger partial charge in [-0.1, -0.05) is 18.2 Å². The van der Waals surface area contributed by atoms with Crippen molar-refractivity contribution in [1.29, 1.82) is 0 Å². The molecule has 2 aromatic carbocycles. The number of nitrogens with zero attached hydrogens (tertiary/aromatic N) is 2. The van der Waals surface area contributed by atoms with E-state index in [0.717, 1.165) is 11.6 Å². The molecule has 5 nitrogen and oxygen atoms in total. The molecule has 108 valence electrons. The Morgan fingerprint density at radius 1 is 1.19 bits per heavy atom. The molecule has 1 heterocycles. The van der Waals surface area contributed by atoms with Crippen LogP contribution >= 0.6 is 0 Å². The SMILES string of the molecule is COc1ccc2cc(C(C)NCc3ncn[nH]3)ccc2c1. The number of rotatable bonds is 5. The predicted octanol–water partition coefficient (Wildman–Crippen LogP) is 2.82. The van der Waals surface area contributed by atoms with Crippen molar-refractivity contribution in [2.45, 2.75) is 19.5 Å². The van der Waals surface area contributed by atoms with E-state index in [1.54, 1.807) is 7.11 Å². The summed E-state index contributed by atoms with van der Waals surface area (Å²) in [5, 5.41) is 12.5. The van der Waals surface area contributed by atoms with Crippen LogP contribution in [0.2, 0.25) is 0 Å². The smallest absolute Gasteiger partial charge is 0.138 e. The minimum absolute atomic E-state index is 0.238. The van der Waals surface area contributed by atoms with Gasteiger partial charge in [0.2, 0.25) is 0 Å². The minimum atomic E-state index is 0.238. The maximum absolute atomic E-state index is 5.25. The van der Waals surface area contributed by atoms with E-state index in [4.69, 9.17) is 4.74 Å². The number of H-pyrrole nitrogens is 1. The third-order valence-electron chi connectivity index (χ3n) is 3.61. The van der Waals surface area contributed by atoms with Crippen LogP contribution in [-0.2, 0) is 6.54 Å². The Balaban J connectivity index is 1.76. The van der Waals surface area contributed by atoms with E-state index >= 15 is 0 Å². The van der Waals surface area contributed by atoms with Gasteiger partial charge in [0.15, 0.2) is 0 Å². The van der Waals surface area contributed by atoms with Gasteiger partial charge in [0.25, 0.3) is 0 Å². The van der Waals surface area contributed by atoms with Crippen LogP contribution in [0.1, 0.15) is 24.4 Å². The van der Waals surface area contributed by atoms with Gasteiger partial charge in [-0.05, 0) is 41.5 Å². The zero-order valence-corrected chi connectivity index (χ0v) is 12.1. The van der Waals surface area contributed by atoms with Crippen LogP contribution in [0.5, 0.6) is 5.75 Å². The van der Waals surface area contributed by atoms with Crippen LogP contribution in [-0.4, -0.2) is 22.3 Å². The fourth-order valence-electron chi connectivity index (χ4n) is 2.32. The van der Waals surface area contributed by atoms with E-state index in [2.05, 4.69) is 51.7 Å². The monoisotopic (exact) mass is 282 g/mol. The molecule has 0 radical (unpaired) electrons. The molecule has 21 heavy (non-hydrogen) atoms. The lowest BCUT2D eigenvalue weighted by molar-refractivity contribution is 0.415. The summed E-state index contributed by atoms with van der Waals surface area (Å²) in [7, 11) is 1.69. The largest absolute Gasteiger partial charge is 0.497 e. The number of hydrogen-bond donors (Lipinski definition) is 2. The number of ether oxygens (including phenoxy) is 1. The zero-order chi connectivity index (χ0) is 14.7. The van der Waals surface area contributed by atoms with Gasteiger partial charge < -0.3 is 10.1 Å². The molecule has 1 unspecified atom stereocenters. The van der Waals surface area contributed by atoms with E-state index in [1.165, 1.54) is 22.7 Å². The van der Waals surface area contributed by atoms with Crippen molar-refractivity contribution < 1.29 is 4.74 Å². The normalized spacial score (nSPS) is 12.5. The molecule has 0 bridgehead atoms. The molecule has 0 spiro atoms. The van der Waals surface area contributed by atoms with Crippen LogP contribution in [0.3, 0.4) is 0 Å². The molecule has 2 N–H and O–H groups in total. The molecular formula is C16H18N4O. The van der Waals surface area contributed by atoms with Crippen LogP contribution in [0, 0.1) is 0 Å². The highest BCUT2D eigenvalue weighted by Gasteiger charge is 2.07. The van der Waals surface area contributed by atoms with Crippen LogP contribution in [0.4, 0.5) is 0 Å². The molecule has 3 rings (SSSR count). The van der Waals surface area contributed by atoms with Crippen LogP contribution < -0.4 is 10.1 Å². The number of fused-ring (bicyclic) bond motifs is 1. The van der Waals surface area contributed by atoms with Gasteiger partial charge in [0, 0.05) is 6.04 Å². The molecule has 0 aliphatic rings. The molecule has 3 aromatic rings. The number of aromatic nitrogens is 3. The lowest BCUT2D eigenvalue weighted by Gasteiger charge is -2.14. The number of hydrogen-bond acceptors (Lipinski definition) is 4. The standard InChI is InChI=1S/C16H18N4O/c1-11(17-9-16-18-10-19-20-16)12-3-4-14-8-15(21-2)6-5-13(14)7-12/h3-8,10-11,17H,9H2,1-2H3,(H,18,19,20). The molecule has 0 aliphatic carbocycles. The number of aromatic amines is 1. The van der Waals surface area contributed by atoms with E-state index in [0.29, 0.717) is 6.54 Å². The maximum atomic E-state index is 5.25. The summed E-state index contributed by atoms with van der Waals surface area (Å²) in [6.45, 7) is 2.81. The summed E-state index contributed by atoms with van der Waals surface area (Å²) < 4.78 is 5.25. The van der Waals surface area contributed by atoms with Crippen molar-refractivity contribution in [1.82, 2.24) is 20.5 Å². The van der Waals surface area contributed by atoms with Crippen molar-refractivity contribution in [3.8, 4) is 5.75 Å². The second-order valence-electron chi connectivity index (χ2n) is 5.01. The second-order valence-corrected chi connectivity index (χ2v) is 5.01. The van der Waals surface area contributed by atoms with Gasteiger partial charge in [0.1, 0.15) is 17.9 Å². The summed E-state index contributed by atoms with van der Waals surface area (Å²) in [6.07, 6.45) is 1.52. The summed E-state index contributed by atoms with van der Waals surface area (Å²) in [6, 6.07) is 12.8. The first kappa shape index (κ1) is 13.6. The molecule has 0 fully saturated rings. The van der Waals surface area contributed by atoms with Gasteiger partial charge in [-0.15, -0.1) is 0 Å². The summed E-state index contributed by atoms with van der Waals surface area (Å²) in [4.78, 5) is 4.11. The van der Waals surface area contributed by atoms with E-state index in [1.807, 2.05) is 12.1 Å². The quantitative estimate of drug-likeness (QED) is 0.755. The van der Waals surface area contributed by atoms with Gasteiger partial charge in [-0.2, -0.15) is 5.10 Å². The Kier molecular flexibility index (Phi) is 3.83. The van der Waals surface area contributed by atoms with Crippen molar-refractivity contribution in [3.63, 3.8) is 0 Å². The summed E-state index contributed by atoms with van der Waals surface area (Å²) >= 11 is 0.